The van der Waals surface area contributed by atoms with Gasteiger partial charge in [0.05, 0.1) is 5.69 Å². The summed E-state index contributed by atoms with van der Waals surface area (Å²) >= 11 is 3.32. The van der Waals surface area contributed by atoms with Crippen LogP contribution >= 0.6 is 15.9 Å². The summed E-state index contributed by atoms with van der Waals surface area (Å²) in [5.41, 5.74) is 3.27. The maximum Gasteiger partial charge on any atom is 0.265 e. The standard InChI is InChI=1S/C19H21BrF2N4/c20-14-8-12-2-1-6-25(15(12)9-13(14)17(21)22)19-16-10-23-5-7-26(16)18(24-19)11-3-4-11/h8-9,11,17,23H,1-7,10H2. The third kappa shape index (κ3) is 2.67. The number of aromatic nitrogens is 2. The zero-order valence-corrected chi connectivity index (χ0v) is 16.0. The Hall–Kier alpha value is -1.47. The number of nitrogens with one attached hydrogen (secondary N) is 1. The molecule has 0 saturated heterocycles. The molecule has 7 heteroatoms. The van der Waals surface area contributed by atoms with E-state index in [2.05, 4.69) is 30.7 Å². The van der Waals surface area contributed by atoms with E-state index in [9.17, 15) is 8.78 Å². The predicted molar refractivity (Wildman–Crippen MR) is 100 cm³/mol. The number of hydrogen-bond donors (Lipinski definition) is 1. The molecule has 26 heavy (non-hydrogen) atoms. The Labute approximate surface area is 159 Å². The van der Waals surface area contributed by atoms with Gasteiger partial charge in [-0.05, 0) is 43.4 Å². The minimum Gasteiger partial charge on any atom is -0.327 e. The molecule has 2 aromatic rings. The van der Waals surface area contributed by atoms with Crippen LogP contribution in [0.3, 0.4) is 0 Å². The van der Waals surface area contributed by atoms with Crippen molar-refractivity contribution in [2.45, 2.75) is 51.1 Å². The van der Waals surface area contributed by atoms with E-state index in [-0.39, 0.29) is 5.56 Å². The average Bonchev–Trinajstić information content (AvgIpc) is 3.41. The van der Waals surface area contributed by atoms with Crippen molar-refractivity contribution >= 4 is 27.4 Å². The van der Waals surface area contributed by atoms with Crippen LogP contribution in [-0.4, -0.2) is 22.6 Å². The highest BCUT2D eigenvalue weighted by Gasteiger charge is 2.34. The van der Waals surface area contributed by atoms with Crippen molar-refractivity contribution in [3.63, 3.8) is 0 Å². The zero-order chi connectivity index (χ0) is 17.8. The van der Waals surface area contributed by atoms with Gasteiger partial charge >= 0.3 is 0 Å². The van der Waals surface area contributed by atoms with Crippen LogP contribution in [0.1, 0.15) is 54.3 Å². The number of halogens is 3. The van der Waals surface area contributed by atoms with Crippen LogP contribution in [0.4, 0.5) is 20.3 Å². The van der Waals surface area contributed by atoms with E-state index in [0.29, 0.717) is 10.4 Å². The summed E-state index contributed by atoms with van der Waals surface area (Å²) in [5, 5.41) is 3.44. The third-order valence-corrected chi connectivity index (χ3v) is 6.32. The van der Waals surface area contributed by atoms with Crippen LogP contribution in [-0.2, 0) is 19.5 Å². The average molecular weight is 423 g/mol. The first kappa shape index (κ1) is 16.7. The molecule has 5 rings (SSSR count). The van der Waals surface area contributed by atoms with Gasteiger partial charge in [-0.3, -0.25) is 0 Å². The number of anilines is 2. The Morgan fingerprint density at radius 1 is 1.23 bits per heavy atom. The quantitative estimate of drug-likeness (QED) is 0.781. The monoisotopic (exact) mass is 422 g/mol. The molecule has 1 N–H and O–H groups in total. The Kier molecular flexibility index (Phi) is 4.05. The molecule has 1 fully saturated rings. The molecule has 138 valence electrons. The lowest BCUT2D eigenvalue weighted by Gasteiger charge is -2.32. The maximum absolute atomic E-state index is 13.4. The Bertz CT molecular complexity index is 860. The van der Waals surface area contributed by atoms with Crippen molar-refractivity contribution < 1.29 is 8.78 Å². The van der Waals surface area contributed by atoms with Crippen LogP contribution < -0.4 is 10.2 Å². The molecule has 0 bridgehead atoms. The van der Waals surface area contributed by atoms with Crippen molar-refractivity contribution in [3.05, 3.63) is 39.3 Å². The van der Waals surface area contributed by atoms with E-state index < -0.39 is 6.43 Å². The SMILES string of the molecule is FC(F)c1cc2c(cc1Br)CCCN2c1nc(C2CC2)n2c1CNCC2. The Balaban J connectivity index is 1.63. The van der Waals surface area contributed by atoms with Crippen molar-refractivity contribution in [2.75, 3.05) is 18.0 Å². The number of hydrogen-bond acceptors (Lipinski definition) is 3. The third-order valence-electron chi connectivity index (χ3n) is 5.64. The molecule has 3 aliphatic rings. The van der Waals surface area contributed by atoms with E-state index in [0.717, 1.165) is 56.1 Å². The van der Waals surface area contributed by atoms with Gasteiger partial charge in [0.1, 0.15) is 5.82 Å². The molecule has 1 aliphatic carbocycles. The Morgan fingerprint density at radius 2 is 2.08 bits per heavy atom. The minimum atomic E-state index is -2.49. The molecule has 1 aromatic carbocycles. The minimum absolute atomic E-state index is 0.0595. The fourth-order valence-electron chi connectivity index (χ4n) is 4.19. The molecule has 4 nitrogen and oxygen atoms in total. The van der Waals surface area contributed by atoms with E-state index in [1.54, 1.807) is 6.07 Å². The largest absolute Gasteiger partial charge is 0.327 e. The molecule has 1 saturated carbocycles. The summed E-state index contributed by atoms with van der Waals surface area (Å²) in [4.78, 5) is 7.19. The fourth-order valence-corrected chi connectivity index (χ4v) is 4.75. The highest BCUT2D eigenvalue weighted by molar-refractivity contribution is 9.10. The number of aryl methyl sites for hydroxylation is 1. The molecular formula is C19H21BrF2N4. The highest BCUT2D eigenvalue weighted by atomic mass is 79.9. The Morgan fingerprint density at radius 3 is 2.85 bits per heavy atom. The van der Waals surface area contributed by atoms with Crippen molar-refractivity contribution in [1.82, 2.24) is 14.9 Å². The summed E-state index contributed by atoms with van der Waals surface area (Å²) in [6.07, 6.45) is 1.85. The number of alkyl halides is 2. The second-order valence-electron chi connectivity index (χ2n) is 7.40. The normalized spacial score (nSPS) is 19.6. The number of fused-ring (bicyclic) bond motifs is 2. The summed E-state index contributed by atoms with van der Waals surface area (Å²) in [6, 6.07) is 3.52. The predicted octanol–water partition coefficient (Wildman–Crippen LogP) is 4.65. The lowest BCUT2D eigenvalue weighted by molar-refractivity contribution is 0.150. The molecule has 1 aromatic heterocycles. The van der Waals surface area contributed by atoms with Gasteiger partial charge in [0, 0.05) is 47.8 Å². The molecule has 0 atom stereocenters. The second kappa shape index (κ2) is 6.30. The first-order valence-corrected chi connectivity index (χ1v) is 10.1. The number of benzene rings is 1. The van der Waals surface area contributed by atoms with Crippen LogP contribution in [0, 0.1) is 0 Å². The van der Waals surface area contributed by atoms with Gasteiger partial charge in [-0.1, -0.05) is 15.9 Å². The van der Waals surface area contributed by atoms with Crippen molar-refractivity contribution in [3.8, 4) is 0 Å². The maximum atomic E-state index is 13.4. The van der Waals surface area contributed by atoms with Gasteiger partial charge < -0.3 is 14.8 Å². The molecule has 0 spiro atoms. The van der Waals surface area contributed by atoms with E-state index in [1.165, 1.54) is 24.4 Å². The van der Waals surface area contributed by atoms with Crippen molar-refractivity contribution in [2.24, 2.45) is 0 Å². The van der Waals surface area contributed by atoms with Crippen LogP contribution in [0.2, 0.25) is 0 Å². The zero-order valence-electron chi connectivity index (χ0n) is 14.4. The lowest BCUT2D eigenvalue weighted by Crippen LogP contribution is -2.31. The van der Waals surface area contributed by atoms with Gasteiger partial charge in [-0.25, -0.2) is 13.8 Å². The summed E-state index contributed by atoms with van der Waals surface area (Å²) in [5.74, 6) is 2.73. The van der Waals surface area contributed by atoms with Gasteiger partial charge in [-0.2, -0.15) is 0 Å². The first-order valence-electron chi connectivity index (χ1n) is 9.31. The van der Waals surface area contributed by atoms with Crippen LogP contribution in [0.15, 0.2) is 16.6 Å². The molecule has 2 aliphatic heterocycles. The smallest absolute Gasteiger partial charge is 0.265 e. The first-order chi connectivity index (χ1) is 12.6. The van der Waals surface area contributed by atoms with Crippen molar-refractivity contribution in [1.29, 1.82) is 0 Å². The summed E-state index contributed by atoms with van der Waals surface area (Å²) in [7, 11) is 0. The molecule has 0 amide bonds. The molecular weight excluding hydrogens is 402 g/mol. The van der Waals surface area contributed by atoms with E-state index in [4.69, 9.17) is 4.98 Å². The fraction of sp³-hybridized carbons (Fsp3) is 0.526. The summed E-state index contributed by atoms with van der Waals surface area (Å²) < 4.78 is 29.7. The number of imidazole rings is 1. The highest BCUT2D eigenvalue weighted by Crippen LogP contribution is 2.44. The second-order valence-corrected chi connectivity index (χ2v) is 8.26. The number of rotatable bonds is 3. The lowest BCUT2D eigenvalue weighted by atomic mass is 9.99. The van der Waals surface area contributed by atoms with Gasteiger partial charge in [-0.15, -0.1) is 0 Å². The molecule has 0 unspecified atom stereocenters. The van der Waals surface area contributed by atoms with Crippen LogP contribution in [0.5, 0.6) is 0 Å². The van der Waals surface area contributed by atoms with Crippen LogP contribution in [0.25, 0.3) is 0 Å². The summed E-state index contributed by atoms with van der Waals surface area (Å²) in [6.45, 7) is 3.52. The van der Waals surface area contributed by atoms with E-state index >= 15 is 0 Å². The van der Waals surface area contributed by atoms with Gasteiger partial charge in [0.2, 0.25) is 0 Å². The van der Waals surface area contributed by atoms with Gasteiger partial charge in [0.15, 0.2) is 5.82 Å². The molecule has 0 radical (unpaired) electrons. The van der Waals surface area contributed by atoms with Gasteiger partial charge in [0.25, 0.3) is 6.43 Å². The van der Waals surface area contributed by atoms with E-state index in [1.807, 2.05) is 6.07 Å². The topological polar surface area (TPSA) is 33.1 Å². The number of nitrogens with zero attached hydrogens (tertiary/aromatic N) is 3. The molecule has 3 heterocycles.